The molecule has 2 aliphatic rings. The Morgan fingerprint density at radius 2 is 1.50 bits per heavy atom. The Hall–Kier alpha value is -3.14. The Kier molecular flexibility index (Phi) is 2.69. The van der Waals surface area contributed by atoms with Crippen molar-refractivity contribution in [3.63, 3.8) is 0 Å². The second-order valence-corrected chi connectivity index (χ2v) is 5.10. The van der Waals surface area contributed by atoms with Crippen LogP contribution in [0.3, 0.4) is 0 Å². The molecule has 4 nitrogen and oxygen atoms in total. The first-order valence-electron chi connectivity index (χ1n) is 6.98. The minimum atomic E-state index is -0.309. The van der Waals surface area contributed by atoms with E-state index in [2.05, 4.69) is 5.32 Å². The Morgan fingerprint density at radius 3 is 2.18 bits per heavy atom. The van der Waals surface area contributed by atoms with Gasteiger partial charge in [0.15, 0.2) is 0 Å². The normalized spacial score (nSPS) is 16.5. The van der Waals surface area contributed by atoms with Gasteiger partial charge >= 0.3 is 0 Å². The summed E-state index contributed by atoms with van der Waals surface area (Å²) in [6.45, 7) is 0. The predicted octanol–water partition coefficient (Wildman–Crippen LogP) is 2.95. The van der Waals surface area contributed by atoms with Crippen LogP contribution in [-0.4, -0.2) is 16.7 Å². The van der Waals surface area contributed by atoms with E-state index >= 15 is 0 Å². The molecule has 0 unspecified atom stereocenters. The molecule has 0 aliphatic carbocycles. The summed E-state index contributed by atoms with van der Waals surface area (Å²) in [5, 5.41) is 4.61. The topological polar surface area (TPSA) is 49.4 Å². The van der Waals surface area contributed by atoms with Crippen LogP contribution in [0.1, 0.15) is 20.7 Å². The van der Waals surface area contributed by atoms with Crippen LogP contribution in [-0.2, 0) is 0 Å². The van der Waals surface area contributed by atoms with E-state index in [1.165, 1.54) is 4.90 Å². The van der Waals surface area contributed by atoms with Gasteiger partial charge in [0.1, 0.15) is 5.82 Å². The average molecular weight is 288 g/mol. The van der Waals surface area contributed by atoms with Crippen molar-refractivity contribution in [1.82, 2.24) is 10.2 Å². The number of nitrogens with zero attached hydrogens (tertiary/aromatic N) is 1. The average Bonchev–Trinajstić information content (AvgIpc) is 2.82. The number of amides is 2. The maximum absolute atomic E-state index is 12.8. The van der Waals surface area contributed by atoms with E-state index in [-0.39, 0.29) is 11.8 Å². The van der Waals surface area contributed by atoms with Gasteiger partial charge in [-0.15, -0.1) is 0 Å². The first-order chi connectivity index (χ1) is 10.8. The zero-order chi connectivity index (χ0) is 15.1. The molecule has 0 saturated carbocycles. The van der Waals surface area contributed by atoms with Gasteiger partial charge in [-0.3, -0.25) is 9.59 Å². The van der Waals surface area contributed by atoms with E-state index in [0.29, 0.717) is 16.9 Å². The number of rotatable bonds is 1. The van der Waals surface area contributed by atoms with Crippen molar-refractivity contribution in [3.05, 3.63) is 83.9 Å². The van der Waals surface area contributed by atoms with Crippen molar-refractivity contribution in [1.29, 1.82) is 0 Å². The van der Waals surface area contributed by atoms with Crippen molar-refractivity contribution >= 4 is 22.6 Å². The Bertz CT molecular complexity index is 856. The van der Waals surface area contributed by atoms with Gasteiger partial charge in [0.25, 0.3) is 11.8 Å². The quantitative estimate of drug-likeness (QED) is 0.821. The fraction of sp³-hybridized carbons (Fsp3) is 0. The Labute approximate surface area is 127 Å². The molecule has 2 aromatic rings. The fourth-order valence-electron chi connectivity index (χ4n) is 2.84. The summed E-state index contributed by atoms with van der Waals surface area (Å²) in [6, 6.07) is 11.0. The second-order valence-electron chi connectivity index (χ2n) is 5.10. The summed E-state index contributed by atoms with van der Waals surface area (Å²) in [4.78, 5) is 26.8. The molecular formula is C18H12N2O2. The molecule has 0 aromatic heterocycles. The third-order valence-corrected chi connectivity index (χ3v) is 3.82. The van der Waals surface area contributed by atoms with Crippen LogP contribution in [0.4, 0.5) is 0 Å². The highest BCUT2D eigenvalue weighted by atomic mass is 16.2. The SMILES string of the molecule is O=C1c2cccc3cccc(c23)C(=O)N1C1=CC=CC=CN1. The lowest BCUT2D eigenvalue weighted by atomic mass is 9.94. The van der Waals surface area contributed by atoms with E-state index in [9.17, 15) is 9.59 Å². The molecule has 0 atom stereocenters. The van der Waals surface area contributed by atoms with E-state index in [1.807, 2.05) is 30.3 Å². The van der Waals surface area contributed by atoms with E-state index in [0.717, 1.165) is 10.8 Å². The zero-order valence-electron chi connectivity index (χ0n) is 11.6. The van der Waals surface area contributed by atoms with Crippen LogP contribution in [0.5, 0.6) is 0 Å². The number of carbonyl (C=O) groups is 2. The summed E-state index contributed by atoms with van der Waals surface area (Å²) >= 11 is 0. The molecule has 2 aromatic carbocycles. The minimum absolute atomic E-state index is 0.309. The zero-order valence-corrected chi connectivity index (χ0v) is 11.6. The van der Waals surface area contributed by atoms with Crippen molar-refractivity contribution in [2.24, 2.45) is 0 Å². The summed E-state index contributed by atoms with van der Waals surface area (Å²) in [5.74, 6) is -0.167. The molecule has 0 bridgehead atoms. The molecule has 4 rings (SSSR count). The van der Waals surface area contributed by atoms with Crippen molar-refractivity contribution in [3.8, 4) is 0 Å². The van der Waals surface area contributed by atoms with E-state index in [1.54, 1.807) is 36.6 Å². The Balaban J connectivity index is 1.94. The smallest absolute Gasteiger partial charge is 0.267 e. The lowest BCUT2D eigenvalue weighted by Gasteiger charge is -2.28. The molecule has 0 spiro atoms. The van der Waals surface area contributed by atoms with Gasteiger partial charge in [-0.05, 0) is 29.7 Å². The van der Waals surface area contributed by atoms with Gasteiger partial charge in [0.05, 0.1) is 0 Å². The maximum Gasteiger partial charge on any atom is 0.267 e. The number of imide groups is 1. The summed E-state index contributed by atoms with van der Waals surface area (Å²) in [6.07, 6.45) is 8.82. The second kappa shape index (κ2) is 4.70. The highest BCUT2D eigenvalue weighted by Crippen LogP contribution is 2.31. The third kappa shape index (κ3) is 1.71. The molecule has 22 heavy (non-hydrogen) atoms. The lowest BCUT2D eigenvalue weighted by molar-refractivity contribution is 0.0655. The molecule has 2 amide bonds. The molecule has 0 radical (unpaired) electrons. The molecule has 0 fully saturated rings. The molecule has 1 N–H and O–H groups in total. The predicted molar refractivity (Wildman–Crippen MR) is 83.9 cm³/mol. The van der Waals surface area contributed by atoms with Gasteiger partial charge in [0.2, 0.25) is 0 Å². The van der Waals surface area contributed by atoms with Gasteiger partial charge in [-0.1, -0.05) is 36.4 Å². The third-order valence-electron chi connectivity index (χ3n) is 3.82. The largest absolute Gasteiger partial charge is 0.348 e. The monoisotopic (exact) mass is 288 g/mol. The van der Waals surface area contributed by atoms with E-state index < -0.39 is 0 Å². The number of nitrogens with one attached hydrogen (secondary N) is 1. The van der Waals surface area contributed by atoms with Crippen molar-refractivity contribution in [2.45, 2.75) is 0 Å². The van der Waals surface area contributed by atoms with Crippen LogP contribution in [0.15, 0.2) is 72.7 Å². The molecule has 2 heterocycles. The van der Waals surface area contributed by atoms with Crippen LogP contribution >= 0.6 is 0 Å². The Morgan fingerprint density at radius 1 is 0.818 bits per heavy atom. The summed E-state index contributed by atoms with van der Waals surface area (Å²) in [7, 11) is 0. The lowest BCUT2D eigenvalue weighted by Crippen LogP contribution is -2.42. The van der Waals surface area contributed by atoms with Crippen LogP contribution in [0, 0.1) is 0 Å². The van der Waals surface area contributed by atoms with Crippen molar-refractivity contribution in [2.75, 3.05) is 0 Å². The highest BCUT2D eigenvalue weighted by molar-refractivity contribution is 6.26. The summed E-state index contributed by atoms with van der Waals surface area (Å²) < 4.78 is 0. The minimum Gasteiger partial charge on any atom is -0.348 e. The number of hydrogen-bond acceptors (Lipinski definition) is 3. The van der Waals surface area contributed by atoms with Gasteiger partial charge in [-0.25, -0.2) is 4.90 Å². The first-order valence-corrected chi connectivity index (χ1v) is 6.98. The highest BCUT2D eigenvalue weighted by Gasteiger charge is 2.34. The van der Waals surface area contributed by atoms with Gasteiger partial charge in [0, 0.05) is 22.7 Å². The van der Waals surface area contributed by atoms with Crippen LogP contribution in [0.2, 0.25) is 0 Å². The molecule has 2 aliphatic heterocycles. The molecule has 0 saturated heterocycles. The molecule has 106 valence electrons. The van der Waals surface area contributed by atoms with Crippen LogP contribution in [0.25, 0.3) is 10.8 Å². The fourth-order valence-corrected chi connectivity index (χ4v) is 2.84. The standard InChI is InChI=1S/C18H12N2O2/c21-17-13-8-4-6-12-7-5-9-14(16(12)13)18(22)20(17)15-10-2-1-3-11-19-15/h1-11,19H. The van der Waals surface area contributed by atoms with Gasteiger partial charge < -0.3 is 5.32 Å². The number of allylic oxidation sites excluding steroid dienone is 4. The number of carbonyl (C=O) groups excluding carboxylic acids is 2. The summed E-state index contributed by atoms with van der Waals surface area (Å²) in [5.41, 5.74) is 1.10. The number of hydrogen-bond donors (Lipinski definition) is 1. The molecule has 4 heteroatoms. The van der Waals surface area contributed by atoms with Crippen LogP contribution < -0.4 is 5.32 Å². The maximum atomic E-state index is 12.8. The van der Waals surface area contributed by atoms with E-state index in [4.69, 9.17) is 0 Å². The molecular weight excluding hydrogens is 276 g/mol. The number of benzene rings is 2. The van der Waals surface area contributed by atoms with Gasteiger partial charge in [-0.2, -0.15) is 0 Å². The van der Waals surface area contributed by atoms with Crippen molar-refractivity contribution < 1.29 is 9.59 Å². The first kappa shape index (κ1) is 12.6.